The zero-order valence-corrected chi connectivity index (χ0v) is 14.5. The van der Waals surface area contributed by atoms with Crippen LogP contribution in [0.15, 0.2) is 24.3 Å². The van der Waals surface area contributed by atoms with E-state index in [4.69, 9.17) is 9.47 Å². The summed E-state index contributed by atoms with van der Waals surface area (Å²) in [7, 11) is 3.30. The molecule has 2 heterocycles. The number of fused-ring (bicyclic) bond motifs is 1. The minimum atomic E-state index is 0. The van der Waals surface area contributed by atoms with Gasteiger partial charge in [-0.2, -0.15) is 0 Å². The summed E-state index contributed by atoms with van der Waals surface area (Å²) < 4.78 is 10.3. The maximum atomic E-state index is 12.5. The number of nitrogens with zero attached hydrogens (tertiary/aromatic N) is 1. The fourth-order valence-electron chi connectivity index (χ4n) is 3.74. The van der Waals surface area contributed by atoms with Crippen LogP contribution in [0.1, 0.15) is 18.0 Å². The van der Waals surface area contributed by atoms with E-state index in [0.29, 0.717) is 24.9 Å². The first-order chi connectivity index (χ1) is 10.7. The summed E-state index contributed by atoms with van der Waals surface area (Å²) in [6, 6.07) is 8.28. The van der Waals surface area contributed by atoms with Crippen LogP contribution in [0.3, 0.4) is 0 Å². The SMILES string of the molecule is COCCC(=O)N1C[C@@H]2CNC[C@@H]2[C@@H]1c1ccc(OC)cc1.Cl. The molecule has 1 aromatic carbocycles. The molecule has 5 nitrogen and oxygen atoms in total. The number of hydrogen-bond donors (Lipinski definition) is 1. The van der Waals surface area contributed by atoms with Gasteiger partial charge in [0, 0.05) is 32.7 Å². The lowest BCUT2D eigenvalue weighted by atomic mass is 9.89. The van der Waals surface area contributed by atoms with Gasteiger partial charge in [0.25, 0.3) is 0 Å². The van der Waals surface area contributed by atoms with Crippen molar-refractivity contribution in [1.29, 1.82) is 0 Å². The summed E-state index contributed by atoms with van der Waals surface area (Å²) in [5.74, 6) is 2.09. The van der Waals surface area contributed by atoms with E-state index in [0.717, 1.165) is 25.4 Å². The minimum absolute atomic E-state index is 0. The van der Waals surface area contributed by atoms with Crippen LogP contribution >= 0.6 is 12.4 Å². The molecule has 3 atom stereocenters. The molecular formula is C17H25ClN2O3. The van der Waals surface area contributed by atoms with E-state index in [-0.39, 0.29) is 24.4 Å². The third-order valence-corrected chi connectivity index (χ3v) is 4.86. The van der Waals surface area contributed by atoms with E-state index in [1.807, 2.05) is 12.1 Å². The maximum absolute atomic E-state index is 12.5. The van der Waals surface area contributed by atoms with E-state index in [9.17, 15) is 4.79 Å². The molecule has 2 fully saturated rings. The molecule has 2 aliphatic heterocycles. The molecule has 0 spiro atoms. The fraction of sp³-hybridized carbons (Fsp3) is 0.588. The second-order valence-electron chi connectivity index (χ2n) is 6.09. The van der Waals surface area contributed by atoms with Crippen molar-refractivity contribution in [3.63, 3.8) is 0 Å². The fourth-order valence-corrected chi connectivity index (χ4v) is 3.74. The second kappa shape index (κ2) is 7.99. The molecule has 0 aliphatic carbocycles. The number of likely N-dealkylation sites (tertiary alicyclic amines) is 1. The standard InChI is InChI=1S/C17H24N2O3.ClH/c1-21-8-7-16(20)19-11-13-9-18-10-15(13)17(19)12-3-5-14(22-2)6-4-12;/h3-6,13,15,17-18H,7-11H2,1-2H3;1H/t13-,15-,17-;/m0./s1. The molecule has 0 aromatic heterocycles. The van der Waals surface area contributed by atoms with Crippen LogP contribution < -0.4 is 10.1 Å². The molecule has 6 heteroatoms. The van der Waals surface area contributed by atoms with E-state index in [2.05, 4.69) is 22.3 Å². The van der Waals surface area contributed by atoms with Gasteiger partial charge in [-0.15, -0.1) is 12.4 Å². The predicted octanol–water partition coefficient (Wildman–Crippen LogP) is 1.87. The Kier molecular flexibility index (Phi) is 6.27. The van der Waals surface area contributed by atoms with Gasteiger partial charge in [-0.3, -0.25) is 4.79 Å². The van der Waals surface area contributed by atoms with Gasteiger partial charge < -0.3 is 19.7 Å². The van der Waals surface area contributed by atoms with Crippen molar-refractivity contribution >= 4 is 18.3 Å². The smallest absolute Gasteiger partial charge is 0.225 e. The zero-order chi connectivity index (χ0) is 15.5. The Labute approximate surface area is 143 Å². The quantitative estimate of drug-likeness (QED) is 0.889. The summed E-state index contributed by atoms with van der Waals surface area (Å²) in [5, 5.41) is 3.46. The van der Waals surface area contributed by atoms with Crippen molar-refractivity contribution in [1.82, 2.24) is 10.2 Å². The van der Waals surface area contributed by atoms with Crippen molar-refractivity contribution in [3.05, 3.63) is 29.8 Å². The number of carbonyl (C=O) groups excluding carboxylic acids is 1. The van der Waals surface area contributed by atoms with Gasteiger partial charge in [0.15, 0.2) is 0 Å². The topological polar surface area (TPSA) is 50.8 Å². The Hall–Kier alpha value is -1.30. The third-order valence-electron chi connectivity index (χ3n) is 4.86. The van der Waals surface area contributed by atoms with E-state index >= 15 is 0 Å². The Morgan fingerprint density at radius 3 is 2.65 bits per heavy atom. The van der Waals surface area contributed by atoms with Crippen LogP contribution in [0.25, 0.3) is 0 Å². The highest BCUT2D eigenvalue weighted by Gasteiger charge is 2.46. The number of carbonyl (C=O) groups is 1. The molecule has 0 radical (unpaired) electrons. The molecule has 1 N–H and O–H groups in total. The lowest BCUT2D eigenvalue weighted by molar-refractivity contribution is -0.133. The zero-order valence-electron chi connectivity index (χ0n) is 13.7. The van der Waals surface area contributed by atoms with Crippen molar-refractivity contribution in [3.8, 4) is 5.75 Å². The van der Waals surface area contributed by atoms with Crippen molar-refractivity contribution in [2.24, 2.45) is 11.8 Å². The van der Waals surface area contributed by atoms with Crippen LogP contribution in [0.2, 0.25) is 0 Å². The summed E-state index contributed by atoms with van der Waals surface area (Å²) in [4.78, 5) is 14.6. The lowest BCUT2D eigenvalue weighted by Crippen LogP contribution is -2.35. The number of amides is 1. The van der Waals surface area contributed by atoms with Crippen molar-refractivity contribution < 1.29 is 14.3 Å². The molecule has 1 aromatic rings. The number of benzene rings is 1. The molecule has 2 saturated heterocycles. The van der Waals surface area contributed by atoms with Gasteiger partial charge >= 0.3 is 0 Å². The van der Waals surface area contributed by atoms with Gasteiger partial charge in [-0.05, 0) is 23.6 Å². The molecule has 2 aliphatic rings. The summed E-state index contributed by atoms with van der Waals surface area (Å²) in [5.41, 5.74) is 1.20. The number of hydrogen-bond acceptors (Lipinski definition) is 4. The van der Waals surface area contributed by atoms with Gasteiger partial charge in [0.1, 0.15) is 5.75 Å². The first-order valence-electron chi connectivity index (χ1n) is 7.87. The number of nitrogens with one attached hydrogen (secondary N) is 1. The first kappa shape index (κ1) is 18.0. The van der Waals surface area contributed by atoms with Crippen LogP contribution in [0, 0.1) is 11.8 Å². The van der Waals surface area contributed by atoms with E-state index in [1.54, 1.807) is 14.2 Å². The summed E-state index contributed by atoms with van der Waals surface area (Å²) in [6.07, 6.45) is 0.454. The number of ether oxygens (including phenoxy) is 2. The van der Waals surface area contributed by atoms with Gasteiger partial charge in [-0.1, -0.05) is 12.1 Å². The largest absolute Gasteiger partial charge is 0.497 e. The number of rotatable bonds is 5. The molecule has 128 valence electrons. The molecular weight excluding hydrogens is 316 g/mol. The second-order valence-corrected chi connectivity index (χ2v) is 6.09. The minimum Gasteiger partial charge on any atom is -0.497 e. The Bertz CT molecular complexity index is 523. The van der Waals surface area contributed by atoms with Crippen LogP contribution in [0.4, 0.5) is 0 Å². The third kappa shape index (κ3) is 3.62. The van der Waals surface area contributed by atoms with Crippen LogP contribution in [-0.2, 0) is 9.53 Å². The predicted molar refractivity (Wildman–Crippen MR) is 91.0 cm³/mol. The summed E-state index contributed by atoms with van der Waals surface area (Å²) in [6.45, 7) is 3.32. The highest BCUT2D eigenvalue weighted by molar-refractivity contribution is 5.85. The van der Waals surface area contributed by atoms with Gasteiger partial charge in [0.05, 0.1) is 26.2 Å². The molecule has 1 amide bonds. The van der Waals surface area contributed by atoms with Crippen molar-refractivity contribution in [2.75, 3.05) is 40.5 Å². The lowest BCUT2D eigenvalue weighted by Gasteiger charge is -2.28. The van der Waals surface area contributed by atoms with Gasteiger partial charge in [0.2, 0.25) is 5.91 Å². The van der Waals surface area contributed by atoms with E-state index in [1.165, 1.54) is 5.56 Å². The maximum Gasteiger partial charge on any atom is 0.225 e. The molecule has 0 bridgehead atoms. The molecule has 3 rings (SSSR count). The molecule has 0 saturated carbocycles. The Balaban J connectivity index is 0.00000192. The number of methoxy groups -OCH3 is 2. The van der Waals surface area contributed by atoms with E-state index < -0.39 is 0 Å². The highest BCUT2D eigenvalue weighted by Crippen LogP contribution is 2.43. The molecule has 23 heavy (non-hydrogen) atoms. The highest BCUT2D eigenvalue weighted by atomic mass is 35.5. The Morgan fingerprint density at radius 2 is 2.00 bits per heavy atom. The average Bonchev–Trinajstić information content (AvgIpc) is 3.13. The van der Waals surface area contributed by atoms with Crippen molar-refractivity contribution in [2.45, 2.75) is 12.5 Å². The monoisotopic (exact) mass is 340 g/mol. The van der Waals surface area contributed by atoms with Crippen LogP contribution in [0.5, 0.6) is 5.75 Å². The number of halogens is 1. The molecule has 0 unspecified atom stereocenters. The summed E-state index contributed by atoms with van der Waals surface area (Å²) >= 11 is 0. The first-order valence-corrected chi connectivity index (χ1v) is 7.87. The Morgan fingerprint density at radius 1 is 1.26 bits per heavy atom. The normalized spacial score (nSPS) is 25.8. The van der Waals surface area contributed by atoms with Crippen LogP contribution in [-0.4, -0.2) is 51.3 Å². The van der Waals surface area contributed by atoms with Gasteiger partial charge in [-0.25, -0.2) is 0 Å². The average molecular weight is 341 g/mol.